The monoisotopic (exact) mass is 356 g/mol. The molecule has 0 saturated carbocycles. The van der Waals surface area contributed by atoms with Gasteiger partial charge in [-0.25, -0.2) is 4.39 Å². The molecule has 0 heterocycles. The van der Waals surface area contributed by atoms with Crippen LogP contribution < -0.4 is 0 Å². The fourth-order valence-corrected chi connectivity index (χ4v) is 2.51. The molecule has 2 rings (SSSR count). The molecule has 0 aliphatic heterocycles. The van der Waals surface area contributed by atoms with Gasteiger partial charge in [0, 0.05) is 9.50 Å². The number of hydrogen-bond acceptors (Lipinski definition) is 1. The maximum atomic E-state index is 13.8. The van der Waals surface area contributed by atoms with Crippen LogP contribution in [0.2, 0.25) is 5.02 Å². The SMILES string of the molecule is O=C(O)C(Cc1ccc(Br)cc1F)c1cccc(Cl)c1. The van der Waals surface area contributed by atoms with Crippen LogP contribution in [0.15, 0.2) is 46.9 Å². The summed E-state index contributed by atoms with van der Waals surface area (Å²) < 4.78 is 14.4. The van der Waals surface area contributed by atoms with Crippen molar-refractivity contribution in [2.45, 2.75) is 12.3 Å². The molecule has 1 unspecified atom stereocenters. The third kappa shape index (κ3) is 3.58. The highest BCUT2D eigenvalue weighted by Gasteiger charge is 2.22. The van der Waals surface area contributed by atoms with Crippen molar-refractivity contribution in [1.29, 1.82) is 0 Å². The van der Waals surface area contributed by atoms with Gasteiger partial charge in [-0.05, 0) is 41.8 Å². The van der Waals surface area contributed by atoms with Gasteiger partial charge in [0.05, 0.1) is 5.92 Å². The van der Waals surface area contributed by atoms with E-state index in [0.717, 1.165) is 0 Å². The van der Waals surface area contributed by atoms with Crippen LogP contribution in [0.4, 0.5) is 4.39 Å². The van der Waals surface area contributed by atoms with Crippen LogP contribution in [-0.4, -0.2) is 11.1 Å². The van der Waals surface area contributed by atoms with E-state index in [1.807, 2.05) is 0 Å². The van der Waals surface area contributed by atoms with E-state index < -0.39 is 17.7 Å². The summed E-state index contributed by atoms with van der Waals surface area (Å²) in [5, 5.41) is 9.81. The Morgan fingerprint density at radius 1 is 1.30 bits per heavy atom. The first-order chi connectivity index (χ1) is 9.47. The molecule has 1 atom stereocenters. The molecule has 2 nitrogen and oxygen atoms in total. The van der Waals surface area contributed by atoms with Crippen LogP contribution in [0.5, 0.6) is 0 Å². The van der Waals surface area contributed by atoms with E-state index in [4.69, 9.17) is 11.6 Å². The van der Waals surface area contributed by atoms with Crippen molar-refractivity contribution in [3.8, 4) is 0 Å². The zero-order valence-electron chi connectivity index (χ0n) is 10.3. The lowest BCUT2D eigenvalue weighted by molar-refractivity contribution is -0.138. The lowest BCUT2D eigenvalue weighted by atomic mass is 9.92. The highest BCUT2D eigenvalue weighted by atomic mass is 79.9. The van der Waals surface area contributed by atoms with Gasteiger partial charge in [0.25, 0.3) is 0 Å². The first-order valence-electron chi connectivity index (χ1n) is 5.89. The van der Waals surface area contributed by atoms with Crippen LogP contribution in [-0.2, 0) is 11.2 Å². The lowest BCUT2D eigenvalue weighted by Gasteiger charge is -2.14. The Bertz CT molecular complexity index is 646. The van der Waals surface area contributed by atoms with Crippen molar-refractivity contribution in [3.05, 3.63) is 68.9 Å². The number of carbonyl (C=O) groups is 1. The second kappa shape index (κ2) is 6.37. The second-order valence-electron chi connectivity index (χ2n) is 4.39. The van der Waals surface area contributed by atoms with Crippen molar-refractivity contribution < 1.29 is 14.3 Å². The minimum absolute atomic E-state index is 0.0782. The lowest BCUT2D eigenvalue weighted by Crippen LogP contribution is -2.15. The minimum Gasteiger partial charge on any atom is -0.481 e. The molecule has 0 amide bonds. The van der Waals surface area contributed by atoms with Gasteiger partial charge in [-0.15, -0.1) is 0 Å². The highest BCUT2D eigenvalue weighted by molar-refractivity contribution is 9.10. The predicted octanol–water partition coefficient (Wildman–Crippen LogP) is 4.65. The predicted molar refractivity (Wildman–Crippen MR) is 79.6 cm³/mol. The number of hydrogen-bond donors (Lipinski definition) is 1. The first-order valence-corrected chi connectivity index (χ1v) is 7.06. The zero-order chi connectivity index (χ0) is 14.7. The fraction of sp³-hybridized carbons (Fsp3) is 0.133. The molecule has 104 valence electrons. The van der Waals surface area contributed by atoms with Gasteiger partial charge in [-0.3, -0.25) is 4.79 Å². The van der Waals surface area contributed by atoms with Crippen LogP contribution in [0.1, 0.15) is 17.0 Å². The summed E-state index contributed by atoms with van der Waals surface area (Å²) in [5.74, 6) is -2.26. The van der Waals surface area contributed by atoms with Gasteiger partial charge in [0.15, 0.2) is 0 Å². The van der Waals surface area contributed by atoms with Crippen molar-refractivity contribution in [2.75, 3.05) is 0 Å². The fourth-order valence-electron chi connectivity index (χ4n) is 1.98. The molecule has 0 aliphatic rings. The van der Waals surface area contributed by atoms with Gasteiger partial charge >= 0.3 is 5.97 Å². The molecular weight excluding hydrogens is 347 g/mol. The Labute approximate surface area is 129 Å². The van der Waals surface area contributed by atoms with E-state index in [1.165, 1.54) is 6.07 Å². The molecule has 0 aliphatic carbocycles. The summed E-state index contributed by atoms with van der Waals surface area (Å²) in [6.45, 7) is 0. The number of rotatable bonds is 4. The molecule has 2 aromatic carbocycles. The van der Waals surface area contributed by atoms with Crippen LogP contribution in [0, 0.1) is 5.82 Å². The summed E-state index contributed by atoms with van der Waals surface area (Å²) in [5.41, 5.74) is 0.924. The smallest absolute Gasteiger partial charge is 0.311 e. The van der Waals surface area contributed by atoms with E-state index >= 15 is 0 Å². The molecule has 2 aromatic rings. The average Bonchev–Trinajstić information content (AvgIpc) is 2.37. The van der Waals surface area contributed by atoms with Gasteiger partial charge < -0.3 is 5.11 Å². The van der Waals surface area contributed by atoms with E-state index in [1.54, 1.807) is 36.4 Å². The molecule has 0 radical (unpaired) electrons. The largest absolute Gasteiger partial charge is 0.481 e. The van der Waals surface area contributed by atoms with Crippen molar-refractivity contribution >= 4 is 33.5 Å². The van der Waals surface area contributed by atoms with E-state index in [-0.39, 0.29) is 6.42 Å². The minimum atomic E-state index is -1.01. The normalized spacial score (nSPS) is 12.2. The molecular formula is C15H11BrClFO2. The molecule has 1 N–H and O–H groups in total. The third-order valence-corrected chi connectivity index (χ3v) is 3.72. The standard InChI is InChI=1S/C15H11BrClFO2/c16-11-5-4-10(14(18)8-11)7-13(15(19)20)9-2-1-3-12(17)6-9/h1-6,8,13H,7H2,(H,19,20). The number of halogens is 3. The quantitative estimate of drug-likeness (QED) is 0.864. The average molecular weight is 358 g/mol. The van der Waals surface area contributed by atoms with Crippen LogP contribution >= 0.6 is 27.5 Å². The molecule has 0 saturated heterocycles. The summed E-state index contributed by atoms with van der Waals surface area (Å²) in [7, 11) is 0. The van der Waals surface area contributed by atoms with E-state index in [9.17, 15) is 14.3 Å². The Hall–Kier alpha value is -1.39. The van der Waals surface area contributed by atoms with Gasteiger partial charge in [-0.1, -0.05) is 45.7 Å². The van der Waals surface area contributed by atoms with Crippen molar-refractivity contribution in [3.63, 3.8) is 0 Å². The maximum Gasteiger partial charge on any atom is 0.311 e. The topological polar surface area (TPSA) is 37.3 Å². The van der Waals surface area contributed by atoms with Crippen molar-refractivity contribution in [1.82, 2.24) is 0 Å². The second-order valence-corrected chi connectivity index (χ2v) is 5.74. The maximum absolute atomic E-state index is 13.8. The van der Waals surface area contributed by atoms with E-state index in [0.29, 0.717) is 20.6 Å². The Balaban J connectivity index is 2.33. The third-order valence-electron chi connectivity index (χ3n) is 2.99. The first kappa shape index (κ1) is 15.0. The summed E-state index contributed by atoms with van der Waals surface area (Å²) in [4.78, 5) is 11.4. The Morgan fingerprint density at radius 2 is 2.05 bits per heavy atom. The number of carboxylic acids is 1. The number of benzene rings is 2. The Morgan fingerprint density at radius 3 is 2.65 bits per heavy atom. The number of aliphatic carboxylic acids is 1. The summed E-state index contributed by atoms with van der Waals surface area (Å²) >= 11 is 9.05. The molecule has 0 aromatic heterocycles. The van der Waals surface area contributed by atoms with Gasteiger partial charge in [-0.2, -0.15) is 0 Å². The van der Waals surface area contributed by atoms with Crippen LogP contribution in [0.25, 0.3) is 0 Å². The van der Waals surface area contributed by atoms with E-state index in [2.05, 4.69) is 15.9 Å². The van der Waals surface area contributed by atoms with Gasteiger partial charge in [0.1, 0.15) is 5.82 Å². The van der Waals surface area contributed by atoms with Gasteiger partial charge in [0.2, 0.25) is 0 Å². The summed E-state index contributed by atoms with van der Waals surface area (Å²) in [6, 6.07) is 11.2. The van der Waals surface area contributed by atoms with Crippen molar-refractivity contribution in [2.24, 2.45) is 0 Å². The molecule has 5 heteroatoms. The Kier molecular flexibility index (Phi) is 4.78. The zero-order valence-corrected chi connectivity index (χ0v) is 12.7. The summed E-state index contributed by atoms with van der Waals surface area (Å²) in [6.07, 6.45) is 0.0782. The molecule has 20 heavy (non-hydrogen) atoms. The highest BCUT2D eigenvalue weighted by Crippen LogP contribution is 2.26. The molecule has 0 fully saturated rings. The number of carboxylic acid groups (broad SMARTS) is 1. The molecule has 0 spiro atoms. The molecule has 0 bridgehead atoms. The van der Waals surface area contributed by atoms with Crippen LogP contribution in [0.3, 0.4) is 0 Å².